The van der Waals surface area contributed by atoms with Crippen LogP contribution in [0, 0.1) is 5.92 Å². The second kappa shape index (κ2) is 4.78. The van der Waals surface area contributed by atoms with Crippen LogP contribution in [0.1, 0.15) is 12.8 Å². The lowest BCUT2D eigenvalue weighted by Gasteiger charge is -2.22. The lowest BCUT2D eigenvalue weighted by atomic mass is 10.00. The van der Waals surface area contributed by atoms with E-state index in [1.807, 2.05) is 6.20 Å². The first kappa shape index (κ1) is 11.2. The van der Waals surface area contributed by atoms with Crippen LogP contribution < -0.4 is 5.32 Å². The van der Waals surface area contributed by atoms with Gasteiger partial charge in [0.2, 0.25) is 0 Å². The SMILES string of the molecule is Brc1ccc2c(cnn2CC2CCCNC2)c1. The van der Waals surface area contributed by atoms with Gasteiger partial charge in [-0.2, -0.15) is 5.10 Å². The number of piperidine rings is 1. The molecule has 0 amide bonds. The summed E-state index contributed by atoms with van der Waals surface area (Å²) in [5, 5.41) is 9.17. The van der Waals surface area contributed by atoms with E-state index in [4.69, 9.17) is 0 Å². The molecule has 0 aliphatic carbocycles. The Morgan fingerprint density at radius 2 is 2.41 bits per heavy atom. The molecule has 90 valence electrons. The molecule has 4 heteroatoms. The number of benzene rings is 1. The first-order chi connectivity index (χ1) is 8.33. The molecule has 1 fully saturated rings. The second-order valence-electron chi connectivity index (χ2n) is 4.74. The van der Waals surface area contributed by atoms with Crippen LogP contribution in [-0.2, 0) is 6.54 Å². The first-order valence-electron chi connectivity index (χ1n) is 6.15. The second-order valence-corrected chi connectivity index (χ2v) is 5.66. The van der Waals surface area contributed by atoms with Crippen molar-refractivity contribution in [2.75, 3.05) is 13.1 Å². The van der Waals surface area contributed by atoms with E-state index in [1.165, 1.54) is 30.3 Å². The van der Waals surface area contributed by atoms with Gasteiger partial charge in [-0.25, -0.2) is 0 Å². The zero-order valence-corrected chi connectivity index (χ0v) is 11.3. The molecule has 0 radical (unpaired) electrons. The lowest BCUT2D eigenvalue weighted by molar-refractivity contribution is 0.329. The van der Waals surface area contributed by atoms with E-state index < -0.39 is 0 Å². The fraction of sp³-hybridized carbons (Fsp3) is 0.462. The molecule has 1 aromatic carbocycles. The van der Waals surface area contributed by atoms with Crippen molar-refractivity contribution in [2.24, 2.45) is 5.92 Å². The highest BCUT2D eigenvalue weighted by molar-refractivity contribution is 9.10. The molecule has 1 unspecified atom stereocenters. The predicted molar refractivity (Wildman–Crippen MR) is 73.0 cm³/mol. The summed E-state index contributed by atoms with van der Waals surface area (Å²) in [5.74, 6) is 0.718. The molecule has 3 rings (SSSR count). The smallest absolute Gasteiger partial charge is 0.0683 e. The highest BCUT2D eigenvalue weighted by Crippen LogP contribution is 2.21. The summed E-state index contributed by atoms with van der Waals surface area (Å²) >= 11 is 3.49. The number of nitrogens with one attached hydrogen (secondary N) is 1. The van der Waals surface area contributed by atoms with Crippen LogP contribution in [0.3, 0.4) is 0 Å². The van der Waals surface area contributed by atoms with Crippen molar-refractivity contribution in [3.8, 4) is 0 Å². The van der Waals surface area contributed by atoms with Crippen molar-refractivity contribution >= 4 is 26.8 Å². The summed E-state index contributed by atoms with van der Waals surface area (Å²) < 4.78 is 3.25. The number of halogens is 1. The maximum atomic E-state index is 4.50. The van der Waals surface area contributed by atoms with Gasteiger partial charge in [0.1, 0.15) is 0 Å². The molecule has 1 aliphatic heterocycles. The molecule has 2 aromatic rings. The fourth-order valence-electron chi connectivity index (χ4n) is 2.53. The molecular weight excluding hydrogens is 278 g/mol. The van der Waals surface area contributed by atoms with Gasteiger partial charge in [0.15, 0.2) is 0 Å². The van der Waals surface area contributed by atoms with E-state index in [0.717, 1.165) is 23.5 Å². The van der Waals surface area contributed by atoms with Gasteiger partial charge in [0.05, 0.1) is 11.7 Å². The number of rotatable bonds is 2. The number of nitrogens with zero attached hydrogens (tertiary/aromatic N) is 2. The monoisotopic (exact) mass is 293 g/mol. The highest BCUT2D eigenvalue weighted by Gasteiger charge is 2.14. The minimum Gasteiger partial charge on any atom is -0.316 e. The van der Waals surface area contributed by atoms with Crippen LogP contribution in [0.4, 0.5) is 0 Å². The Hall–Kier alpha value is -0.870. The standard InChI is InChI=1S/C13H16BrN3/c14-12-3-4-13-11(6-12)8-16-17(13)9-10-2-1-5-15-7-10/h3-4,6,8,10,15H,1-2,5,7,9H2. The van der Waals surface area contributed by atoms with E-state index in [2.05, 4.69) is 49.2 Å². The Balaban J connectivity index is 1.84. The van der Waals surface area contributed by atoms with E-state index in [1.54, 1.807) is 0 Å². The molecule has 17 heavy (non-hydrogen) atoms. The third-order valence-electron chi connectivity index (χ3n) is 3.43. The van der Waals surface area contributed by atoms with E-state index in [-0.39, 0.29) is 0 Å². The zero-order chi connectivity index (χ0) is 11.7. The Morgan fingerprint density at radius 3 is 3.24 bits per heavy atom. The van der Waals surface area contributed by atoms with Gasteiger partial charge in [0.25, 0.3) is 0 Å². The molecule has 1 N–H and O–H groups in total. The fourth-order valence-corrected chi connectivity index (χ4v) is 2.91. The van der Waals surface area contributed by atoms with Crippen molar-refractivity contribution < 1.29 is 0 Å². The Labute approximate surface area is 109 Å². The molecule has 1 atom stereocenters. The largest absolute Gasteiger partial charge is 0.316 e. The number of hydrogen-bond donors (Lipinski definition) is 1. The van der Waals surface area contributed by atoms with Gasteiger partial charge in [-0.1, -0.05) is 15.9 Å². The van der Waals surface area contributed by atoms with Gasteiger partial charge < -0.3 is 5.32 Å². The van der Waals surface area contributed by atoms with Crippen molar-refractivity contribution in [1.29, 1.82) is 0 Å². The van der Waals surface area contributed by atoms with E-state index >= 15 is 0 Å². The maximum absolute atomic E-state index is 4.50. The van der Waals surface area contributed by atoms with Crippen LogP contribution in [0.25, 0.3) is 10.9 Å². The van der Waals surface area contributed by atoms with Crippen molar-refractivity contribution in [1.82, 2.24) is 15.1 Å². The lowest BCUT2D eigenvalue weighted by Crippen LogP contribution is -2.32. The van der Waals surface area contributed by atoms with Crippen molar-refractivity contribution in [2.45, 2.75) is 19.4 Å². The first-order valence-corrected chi connectivity index (χ1v) is 6.94. The number of aromatic nitrogens is 2. The third kappa shape index (κ3) is 2.38. The third-order valence-corrected chi connectivity index (χ3v) is 3.93. The van der Waals surface area contributed by atoms with Crippen LogP contribution in [0.5, 0.6) is 0 Å². The van der Waals surface area contributed by atoms with Crippen LogP contribution in [-0.4, -0.2) is 22.9 Å². The maximum Gasteiger partial charge on any atom is 0.0683 e. The minimum absolute atomic E-state index is 0.718. The molecule has 1 aliphatic rings. The molecule has 0 bridgehead atoms. The molecule has 0 spiro atoms. The summed E-state index contributed by atoms with van der Waals surface area (Å²) in [6.45, 7) is 3.32. The van der Waals surface area contributed by atoms with E-state index in [0.29, 0.717) is 0 Å². The Morgan fingerprint density at radius 1 is 1.47 bits per heavy atom. The van der Waals surface area contributed by atoms with Gasteiger partial charge >= 0.3 is 0 Å². The highest BCUT2D eigenvalue weighted by atomic mass is 79.9. The van der Waals surface area contributed by atoms with Crippen LogP contribution in [0.2, 0.25) is 0 Å². The van der Waals surface area contributed by atoms with Crippen LogP contribution in [0.15, 0.2) is 28.9 Å². The van der Waals surface area contributed by atoms with Gasteiger partial charge in [-0.15, -0.1) is 0 Å². The summed E-state index contributed by atoms with van der Waals surface area (Å²) in [6, 6.07) is 6.35. The Bertz CT molecular complexity index is 514. The number of hydrogen-bond acceptors (Lipinski definition) is 2. The molecule has 2 heterocycles. The van der Waals surface area contributed by atoms with Gasteiger partial charge in [-0.05, 0) is 50.0 Å². The summed E-state index contributed by atoms with van der Waals surface area (Å²) in [5.41, 5.74) is 1.23. The average molecular weight is 294 g/mol. The van der Waals surface area contributed by atoms with Gasteiger partial charge in [0, 0.05) is 16.4 Å². The molecule has 3 nitrogen and oxygen atoms in total. The summed E-state index contributed by atoms with van der Waals surface area (Å²) in [6.07, 6.45) is 4.55. The zero-order valence-electron chi connectivity index (χ0n) is 9.69. The summed E-state index contributed by atoms with van der Waals surface area (Å²) in [4.78, 5) is 0. The summed E-state index contributed by atoms with van der Waals surface area (Å²) in [7, 11) is 0. The van der Waals surface area contributed by atoms with E-state index in [9.17, 15) is 0 Å². The number of fused-ring (bicyclic) bond motifs is 1. The molecule has 1 saturated heterocycles. The minimum atomic E-state index is 0.718. The molecule has 0 saturated carbocycles. The quantitative estimate of drug-likeness (QED) is 0.923. The average Bonchev–Trinajstić information content (AvgIpc) is 2.73. The normalized spacial score (nSPS) is 20.9. The molecular formula is C13H16BrN3. The topological polar surface area (TPSA) is 29.9 Å². The Kier molecular flexibility index (Phi) is 3.16. The van der Waals surface area contributed by atoms with Crippen molar-refractivity contribution in [3.63, 3.8) is 0 Å². The van der Waals surface area contributed by atoms with Crippen LogP contribution >= 0.6 is 15.9 Å². The van der Waals surface area contributed by atoms with Gasteiger partial charge in [-0.3, -0.25) is 4.68 Å². The van der Waals surface area contributed by atoms with Crippen molar-refractivity contribution in [3.05, 3.63) is 28.9 Å². The molecule has 1 aromatic heterocycles. The predicted octanol–water partition coefficient (Wildman–Crippen LogP) is 2.80.